The highest BCUT2D eigenvalue weighted by atomic mass is 79.9. The summed E-state index contributed by atoms with van der Waals surface area (Å²) in [6.45, 7) is 1.98. The largest absolute Gasteiger partial charge is 0.271 e. The molecular formula is C13H16Br2N4. The van der Waals surface area contributed by atoms with Gasteiger partial charge in [-0.2, -0.15) is 5.10 Å². The number of halogens is 2. The van der Waals surface area contributed by atoms with E-state index in [4.69, 9.17) is 5.84 Å². The third-order valence-electron chi connectivity index (χ3n) is 3.14. The van der Waals surface area contributed by atoms with Crippen LogP contribution in [-0.4, -0.2) is 9.78 Å². The van der Waals surface area contributed by atoms with Gasteiger partial charge in [-0.05, 0) is 34.5 Å². The molecule has 0 saturated carbocycles. The molecule has 1 aromatic carbocycles. The molecule has 3 N–H and O–H groups in total. The van der Waals surface area contributed by atoms with Gasteiger partial charge in [-0.1, -0.05) is 34.1 Å². The first kappa shape index (κ1) is 14.7. The van der Waals surface area contributed by atoms with E-state index in [1.54, 1.807) is 0 Å². The van der Waals surface area contributed by atoms with Gasteiger partial charge < -0.3 is 0 Å². The van der Waals surface area contributed by atoms with Crippen molar-refractivity contribution in [3.8, 4) is 0 Å². The van der Waals surface area contributed by atoms with Gasteiger partial charge in [0, 0.05) is 17.9 Å². The van der Waals surface area contributed by atoms with Crippen LogP contribution in [0.3, 0.4) is 0 Å². The topological polar surface area (TPSA) is 55.9 Å². The lowest BCUT2D eigenvalue weighted by Gasteiger charge is -2.18. The summed E-state index contributed by atoms with van der Waals surface area (Å²) in [7, 11) is 1.95. The fourth-order valence-corrected chi connectivity index (χ4v) is 3.17. The van der Waals surface area contributed by atoms with Gasteiger partial charge in [-0.15, -0.1) is 0 Å². The average Bonchev–Trinajstić information content (AvgIpc) is 2.63. The van der Waals surface area contributed by atoms with Crippen LogP contribution in [0.5, 0.6) is 0 Å². The van der Waals surface area contributed by atoms with Gasteiger partial charge in [-0.3, -0.25) is 16.0 Å². The molecule has 0 fully saturated rings. The summed E-state index contributed by atoms with van der Waals surface area (Å²) in [4.78, 5) is 0. The van der Waals surface area contributed by atoms with E-state index >= 15 is 0 Å². The highest BCUT2D eigenvalue weighted by Gasteiger charge is 2.18. The highest BCUT2D eigenvalue weighted by Crippen LogP contribution is 2.29. The smallest absolute Gasteiger partial charge is 0.0738 e. The van der Waals surface area contributed by atoms with Crippen molar-refractivity contribution >= 4 is 31.9 Å². The molecule has 2 rings (SSSR count). The van der Waals surface area contributed by atoms with Gasteiger partial charge in [0.05, 0.1) is 21.9 Å². The Labute approximate surface area is 129 Å². The second-order valence-corrected chi connectivity index (χ2v) is 6.06. The number of hydrogen-bond donors (Lipinski definition) is 2. The average molecular weight is 388 g/mol. The molecule has 0 amide bonds. The molecule has 0 bridgehead atoms. The molecule has 1 aromatic heterocycles. The van der Waals surface area contributed by atoms with Crippen LogP contribution < -0.4 is 11.3 Å². The van der Waals surface area contributed by atoms with E-state index in [0.29, 0.717) is 0 Å². The van der Waals surface area contributed by atoms with Crippen molar-refractivity contribution in [1.82, 2.24) is 15.2 Å². The van der Waals surface area contributed by atoms with Gasteiger partial charge in [0.1, 0.15) is 0 Å². The predicted octanol–water partition coefficient (Wildman–Crippen LogP) is 3.00. The van der Waals surface area contributed by atoms with Crippen molar-refractivity contribution in [3.05, 3.63) is 50.2 Å². The van der Waals surface area contributed by atoms with Gasteiger partial charge in [0.15, 0.2) is 0 Å². The zero-order chi connectivity index (χ0) is 14.0. The summed E-state index contributed by atoms with van der Waals surface area (Å²) in [5, 5.41) is 4.40. The fraction of sp³-hybridized carbons (Fsp3) is 0.308. The van der Waals surface area contributed by atoms with Crippen molar-refractivity contribution < 1.29 is 0 Å². The number of aromatic nitrogens is 2. The second kappa shape index (κ2) is 6.17. The first-order valence-corrected chi connectivity index (χ1v) is 7.51. The molecule has 0 aliphatic carbocycles. The number of rotatable bonds is 4. The third kappa shape index (κ3) is 3.08. The number of nitrogens with two attached hydrogens (primary N) is 1. The Bertz CT molecular complexity index is 580. The molecular weight excluding hydrogens is 372 g/mol. The minimum absolute atomic E-state index is 0.0293. The molecule has 2 aromatic rings. The van der Waals surface area contributed by atoms with E-state index in [-0.39, 0.29) is 6.04 Å². The van der Waals surface area contributed by atoms with Gasteiger partial charge in [-0.25, -0.2) is 0 Å². The fourth-order valence-electron chi connectivity index (χ4n) is 2.11. The lowest BCUT2D eigenvalue weighted by Crippen LogP contribution is -2.30. The summed E-state index contributed by atoms with van der Waals surface area (Å²) >= 11 is 7.15. The Morgan fingerprint density at radius 1 is 1.37 bits per heavy atom. The summed E-state index contributed by atoms with van der Waals surface area (Å²) < 4.78 is 3.98. The van der Waals surface area contributed by atoms with E-state index in [0.717, 1.165) is 32.3 Å². The van der Waals surface area contributed by atoms with E-state index < -0.39 is 0 Å². The third-order valence-corrected chi connectivity index (χ3v) is 4.89. The quantitative estimate of drug-likeness (QED) is 0.626. The maximum atomic E-state index is 5.71. The Morgan fingerprint density at radius 2 is 2.05 bits per heavy atom. The Morgan fingerprint density at radius 3 is 2.58 bits per heavy atom. The molecule has 1 heterocycles. The molecule has 0 spiro atoms. The molecule has 0 aliphatic heterocycles. The predicted molar refractivity (Wildman–Crippen MR) is 83.6 cm³/mol. The molecule has 6 heteroatoms. The van der Waals surface area contributed by atoms with Crippen LogP contribution in [-0.2, 0) is 13.5 Å². The molecule has 19 heavy (non-hydrogen) atoms. The molecule has 4 nitrogen and oxygen atoms in total. The summed E-state index contributed by atoms with van der Waals surface area (Å²) in [5.41, 5.74) is 6.12. The first-order valence-electron chi connectivity index (χ1n) is 5.93. The number of nitrogens with zero attached hydrogens (tertiary/aromatic N) is 2. The normalized spacial score (nSPS) is 12.7. The van der Waals surface area contributed by atoms with Gasteiger partial charge in [0.25, 0.3) is 0 Å². The van der Waals surface area contributed by atoms with Crippen LogP contribution in [0.25, 0.3) is 0 Å². The second-order valence-electron chi connectivity index (χ2n) is 4.41. The molecule has 0 radical (unpaired) electrons. The zero-order valence-electron chi connectivity index (χ0n) is 10.8. The van der Waals surface area contributed by atoms with Crippen molar-refractivity contribution in [3.63, 3.8) is 0 Å². The number of aryl methyl sites for hydroxylation is 2. The monoisotopic (exact) mass is 386 g/mol. The van der Waals surface area contributed by atoms with Crippen molar-refractivity contribution in [2.75, 3.05) is 0 Å². The maximum absolute atomic E-state index is 5.71. The Kier molecular flexibility index (Phi) is 4.78. The van der Waals surface area contributed by atoms with E-state index in [1.165, 1.54) is 0 Å². The first-order chi connectivity index (χ1) is 9.04. The highest BCUT2D eigenvalue weighted by molar-refractivity contribution is 9.10. The molecule has 102 valence electrons. The van der Waals surface area contributed by atoms with Crippen LogP contribution in [0.2, 0.25) is 0 Å². The molecule has 1 unspecified atom stereocenters. The van der Waals surface area contributed by atoms with Gasteiger partial charge >= 0.3 is 0 Å². The lowest BCUT2D eigenvalue weighted by atomic mass is 10.0. The minimum atomic E-state index is 0.0293. The molecule has 0 saturated heterocycles. The van der Waals surface area contributed by atoms with Crippen LogP contribution in [0, 0.1) is 6.92 Å². The lowest BCUT2D eigenvalue weighted by molar-refractivity contribution is 0.527. The van der Waals surface area contributed by atoms with Crippen LogP contribution in [0.15, 0.2) is 33.2 Å². The SMILES string of the molecule is Cc1nn(C)c(CC(NN)c2ccccc2Br)c1Br. The van der Waals surface area contributed by atoms with Crippen molar-refractivity contribution in [2.24, 2.45) is 12.9 Å². The van der Waals surface area contributed by atoms with E-state index in [9.17, 15) is 0 Å². The van der Waals surface area contributed by atoms with Crippen molar-refractivity contribution in [1.29, 1.82) is 0 Å². The van der Waals surface area contributed by atoms with Crippen LogP contribution in [0.1, 0.15) is 23.0 Å². The Balaban J connectivity index is 2.32. The van der Waals surface area contributed by atoms with Crippen LogP contribution in [0.4, 0.5) is 0 Å². The maximum Gasteiger partial charge on any atom is 0.0738 e. The van der Waals surface area contributed by atoms with E-state index in [1.807, 2.05) is 36.9 Å². The number of benzene rings is 1. The summed E-state index contributed by atoms with van der Waals surface area (Å²) in [5.74, 6) is 5.71. The standard InChI is InChI=1S/C13H16Br2N4/c1-8-13(15)12(19(2)18-8)7-11(17-16)9-5-3-4-6-10(9)14/h3-6,11,17H,7,16H2,1-2H3. The number of nitrogens with one attached hydrogen (secondary N) is 1. The number of hydrazine groups is 1. The number of hydrogen-bond acceptors (Lipinski definition) is 3. The summed E-state index contributed by atoms with van der Waals surface area (Å²) in [6.07, 6.45) is 0.761. The van der Waals surface area contributed by atoms with Crippen molar-refractivity contribution in [2.45, 2.75) is 19.4 Å². The minimum Gasteiger partial charge on any atom is -0.271 e. The summed E-state index contributed by atoms with van der Waals surface area (Å²) in [6, 6.07) is 8.11. The molecule has 0 aliphatic rings. The Hall–Kier alpha value is -0.690. The molecule has 1 atom stereocenters. The zero-order valence-corrected chi connectivity index (χ0v) is 14.0. The van der Waals surface area contributed by atoms with E-state index in [2.05, 4.69) is 48.5 Å². The van der Waals surface area contributed by atoms with Crippen LogP contribution >= 0.6 is 31.9 Å². The van der Waals surface area contributed by atoms with Gasteiger partial charge in [0.2, 0.25) is 0 Å².